The third kappa shape index (κ3) is 55.6. The minimum Gasteiger partial charge on any atom is -0.462 e. The summed E-state index contributed by atoms with van der Waals surface area (Å²) in [6.45, 7) is 11.5. The zero-order valence-electron chi connectivity index (χ0n) is 47.5. The van der Waals surface area contributed by atoms with Gasteiger partial charge in [0.15, 0.2) is 6.10 Å². The van der Waals surface area contributed by atoms with E-state index in [-0.39, 0.29) is 31.1 Å². The molecular weight excluding hydrogens is 853 g/mol. The molecule has 0 bridgehead atoms. The second-order valence-electron chi connectivity index (χ2n) is 22.4. The van der Waals surface area contributed by atoms with E-state index in [1.165, 1.54) is 244 Å². The fraction of sp³-hybridized carbons (Fsp3) is 0.952. The molecule has 410 valence electrons. The monoisotopic (exact) mass is 975 g/mol. The van der Waals surface area contributed by atoms with Crippen LogP contribution in [0.4, 0.5) is 0 Å². The molecule has 0 fully saturated rings. The minimum atomic E-state index is -0.763. The van der Waals surface area contributed by atoms with Crippen LogP contribution in [0.2, 0.25) is 0 Å². The Morgan fingerprint density at radius 3 is 0.826 bits per heavy atom. The van der Waals surface area contributed by atoms with Crippen molar-refractivity contribution in [2.75, 3.05) is 13.2 Å². The number of carbonyl (C=O) groups is 3. The van der Waals surface area contributed by atoms with Gasteiger partial charge < -0.3 is 14.2 Å². The van der Waals surface area contributed by atoms with Gasteiger partial charge in [0.2, 0.25) is 0 Å². The molecule has 0 radical (unpaired) electrons. The largest absolute Gasteiger partial charge is 0.462 e. The number of unbranched alkanes of at least 4 members (excludes halogenated alkanes) is 41. The second-order valence-corrected chi connectivity index (χ2v) is 22.4. The van der Waals surface area contributed by atoms with Gasteiger partial charge in [-0.25, -0.2) is 0 Å². The highest BCUT2D eigenvalue weighted by molar-refractivity contribution is 5.71. The lowest BCUT2D eigenvalue weighted by atomic mass is 9.99. The van der Waals surface area contributed by atoms with E-state index in [4.69, 9.17) is 14.2 Å². The Balaban J connectivity index is 4.30. The van der Waals surface area contributed by atoms with Crippen molar-refractivity contribution in [2.45, 2.75) is 362 Å². The molecule has 0 N–H and O–H groups in total. The molecular formula is C63H122O6. The number of ether oxygens (including phenoxy) is 3. The second kappa shape index (κ2) is 55.7. The third-order valence-electron chi connectivity index (χ3n) is 14.8. The van der Waals surface area contributed by atoms with Gasteiger partial charge in [-0.1, -0.05) is 317 Å². The summed E-state index contributed by atoms with van der Waals surface area (Å²) >= 11 is 0. The lowest BCUT2D eigenvalue weighted by Gasteiger charge is -2.18. The van der Waals surface area contributed by atoms with E-state index >= 15 is 0 Å². The molecule has 0 aliphatic rings. The molecule has 0 rings (SSSR count). The Morgan fingerprint density at radius 1 is 0.304 bits per heavy atom. The SMILES string of the molecule is CCCCCCCCCCCCCCCCCCC(=O)OC[C@H](COC(=O)CCCCCCCCCCCCCCCCC(C)C)OC(=O)CCCCCCCCCCCCCCCCC(C)CC. The molecule has 0 heterocycles. The molecule has 0 aromatic carbocycles. The van der Waals surface area contributed by atoms with Crippen LogP contribution in [0.25, 0.3) is 0 Å². The predicted molar refractivity (Wildman–Crippen MR) is 298 cm³/mol. The molecule has 0 aliphatic carbocycles. The number of carbonyl (C=O) groups excluding carboxylic acids is 3. The van der Waals surface area contributed by atoms with Crippen molar-refractivity contribution < 1.29 is 28.6 Å². The molecule has 0 saturated heterocycles. The Labute approximate surface area is 431 Å². The summed E-state index contributed by atoms with van der Waals surface area (Å²) < 4.78 is 17.0. The Bertz CT molecular complexity index is 1060. The van der Waals surface area contributed by atoms with Gasteiger partial charge in [-0.3, -0.25) is 14.4 Å². The van der Waals surface area contributed by atoms with Gasteiger partial charge >= 0.3 is 17.9 Å². The van der Waals surface area contributed by atoms with E-state index in [1.807, 2.05) is 0 Å². The molecule has 0 spiro atoms. The highest BCUT2D eigenvalue weighted by Gasteiger charge is 2.19. The number of esters is 3. The maximum Gasteiger partial charge on any atom is 0.306 e. The lowest BCUT2D eigenvalue weighted by Crippen LogP contribution is -2.30. The van der Waals surface area contributed by atoms with E-state index in [0.29, 0.717) is 19.3 Å². The summed E-state index contributed by atoms with van der Waals surface area (Å²) in [7, 11) is 0. The third-order valence-corrected chi connectivity index (χ3v) is 14.8. The number of rotatable bonds is 57. The summed E-state index contributed by atoms with van der Waals surface area (Å²) in [6, 6.07) is 0. The average molecular weight is 976 g/mol. The van der Waals surface area contributed by atoms with E-state index in [1.54, 1.807) is 0 Å². The smallest absolute Gasteiger partial charge is 0.306 e. The number of hydrogen-bond acceptors (Lipinski definition) is 6. The van der Waals surface area contributed by atoms with Gasteiger partial charge in [0, 0.05) is 19.3 Å². The first-order valence-corrected chi connectivity index (χ1v) is 31.3. The van der Waals surface area contributed by atoms with Crippen LogP contribution in [0.5, 0.6) is 0 Å². The van der Waals surface area contributed by atoms with Gasteiger partial charge in [0.25, 0.3) is 0 Å². The van der Waals surface area contributed by atoms with Crippen molar-refractivity contribution in [2.24, 2.45) is 11.8 Å². The van der Waals surface area contributed by atoms with Crippen molar-refractivity contribution >= 4 is 17.9 Å². The number of hydrogen-bond donors (Lipinski definition) is 0. The summed E-state index contributed by atoms with van der Waals surface area (Å²) in [5.74, 6) is 0.907. The summed E-state index contributed by atoms with van der Waals surface area (Å²) in [6.07, 6.45) is 60.9. The summed E-state index contributed by atoms with van der Waals surface area (Å²) in [5, 5.41) is 0. The topological polar surface area (TPSA) is 78.9 Å². The molecule has 1 unspecified atom stereocenters. The van der Waals surface area contributed by atoms with Crippen molar-refractivity contribution in [3.63, 3.8) is 0 Å². The molecule has 6 nitrogen and oxygen atoms in total. The van der Waals surface area contributed by atoms with Crippen molar-refractivity contribution in [3.05, 3.63) is 0 Å². The van der Waals surface area contributed by atoms with Gasteiger partial charge in [-0.05, 0) is 31.1 Å². The molecule has 0 amide bonds. The predicted octanol–water partition coefficient (Wildman–Crippen LogP) is 20.8. The maximum absolute atomic E-state index is 12.9. The fourth-order valence-corrected chi connectivity index (χ4v) is 9.73. The Hall–Kier alpha value is -1.59. The average Bonchev–Trinajstić information content (AvgIpc) is 3.34. The summed E-state index contributed by atoms with van der Waals surface area (Å²) in [5.41, 5.74) is 0. The Kier molecular flexibility index (Phi) is 54.4. The Morgan fingerprint density at radius 2 is 0.551 bits per heavy atom. The van der Waals surface area contributed by atoms with Crippen LogP contribution < -0.4 is 0 Å². The standard InChI is InChI=1S/C63H122O6/c1-6-8-9-10-11-12-13-14-15-16-23-28-33-38-43-48-53-61(64)67-56-60(57-68-62(65)54-49-44-39-34-29-24-19-17-21-26-31-36-41-46-51-58(3)4)69-63(66)55-50-45-40-35-30-25-20-18-22-27-32-37-42-47-52-59(5)7-2/h58-60H,6-57H2,1-5H3/t59?,60-/m1/s1. The van der Waals surface area contributed by atoms with Crippen LogP contribution in [0.3, 0.4) is 0 Å². The molecule has 0 aliphatic heterocycles. The zero-order valence-corrected chi connectivity index (χ0v) is 47.5. The van der Waals surface area contributed by atoms with Crippen LogP contribution >= 0.6 is 0 Å². The minimum absolute atomic E-state index is 0.0620. The van der Waals surface area contributed by atoms with Crippen molar-refractivity contribution in [3.8, 4) is 0 Å². The van der Waals surface area contributed by atoms with Crippen LogP contribution in [0.15, 0.2) is 0 Å². The van der Waals surface area contributed by atoms with Gasteiger partial charge in [-0.15, -0.1) is 0 Å². The van der Waals surface area contributed by atoms with Crippen LogP contribution in [0.1, 0.15) is 356 Å². The van der Waals surface area contributed by atoms with Crippen LogP contribution in [-0.4, -0.2) is 37.2 Å². The van der Waals surface area contributed by atoms with Gasteiger partial charge in [0.1, 0.15) is 13.2 Å². The normalized spacial score (nSPS) is 12.4. The highest BCUT2D eigenvalue weighted by atomic mass is 16.6. The first-order chi connectivity index (χ1) is 33.8. The van der Waals surface area contributed by atoms with E-state index in [2.05, 4.69) is 34.6 Å². The quantitative estimate of drug-likeness (QED) is 0.0343. The highest BCUT2D eigenvalue weighted by Crippen LogP contribution is 2.19. The first kappa shape index (κ1) is 67.4. The summed E-state index contributed by atoms with van der Waals surface area (Å²) in [4.78, 5) is 38.3. The molecule has 6 heteroatoms. The fourth-order valence-electron chi connectivity index (χ4n) is 9.73. The molecule has 0 aromatic rings. The van der Waals surface area contributed by atoms with Gasteiger partial charge in [0.05, 0.1) is 0 Å². The first-order valence-electron chi connectivity index (χ1n) is 31.3. The van der Waals surface area contributed by atoms with Gasteiger partial charge in [-0.2, -0.15) is 0 Å². The molecule has 0 aromatic heterocycles. The van der Waals surface area contributed by atoms with E-state index in [9.17, 15) is 14.4 Å². The van der Waals surface area contributed by atoms with Crippen molar-refractivity contribution in [1.82, 2.24) is 0 Å². The van der Waals surface area contributed by atoms with E-state index < -0.39 is 6.10 Å². The lowest BCUT2D eigenvalue weighted by molar-refractivity contribution is -0.167. The molecule has 69 heavy (non-hydrogen) atoms. The van der Waals surface area contributed by atoms with Crippen LogP contribution in [-0.2, 0) is 28.6 Å². The molecule has 2 atom stereocenters. The maximum atomic E-state index is 12.9. The van der Waals surface area contributed by atoms with Crippen molar-refractivity contribution in [1.29, 1.82) is 0 Å². The van der Waals surface area contributed by atoms with E-state index in [0.717, 1.165) is 69.6 Å². The molecule has 0 saturated carbocycles. The van der Waals surface area contributed by atoms with Crippen LogP contribution in [0, 0.1) is 11.8 Å². The zero-order chi connectivity index (χ0) is 50.4.